The highest BCUT2D eigenvalue weighted by Crippen LogP contribution is 2.17. The van der Waals surface area contributed by atoms with Crippen LogP contribution in [0.25, 0.3) is 5.76 Å². The molecule has 0 fully saturated rings. The number of benzene rings is 1. The van der Waals surface area contributed by atoms with Crippen LogP contribution in [0, 0.1) is 0 Å². The first-order chi connectivity index (χ1) is 10.8. The molecule has 0 aliphatic carbocycles. The van der Waals surface area contributed by atoms with Gasteiger partial charge in [-0.1, -0.05) is 89.6 Å². The van der Waals surface area contributed by atoms with Crippen LogP contribution in [0.5, 0.6) is 0 Å². The van der Waals surface area contributed by atoms with Crippen molar-refractivity contribution in [1.29, 1.82) is 0 Å². The molecule has 0 heterocycles. The average Bonchev–Trinajstić information content (AvgIpc) is 2.55. The van der Waals surface area contributed by atoms with Crippen LogP contribution in [-0.4, -0.2) is 6.61 Å². The second-order valence-electron chi connectivity index (χ2n) is 6.19. The van der Waals surface area contributed by atoms with Gasteiger partial charge in [-0.25, -0.2) is 0 Å². The highest BCUT2D eigenvalue weighted by Gasteiger charge is 2.01. The van der Waals surface area contributed by atoms with Gasteiger partial charge in [0.05, 0.1) is 6.61 Å². The molecule has 22 heavy (non-hydrogen) atoms. The third-order valence-corrected chi connectivity index (χ3v) is 4.12. The van der Waals surface area contributed by atoms with E-state index in [0.717, 1.165) is 24.4 Å². The number of rotatable bonds is 13. The van der Waals surface area contributed by atoms with Crippen molar-refractivity contribution in [3.05, 3.63) is 42.0 Å². The Morgan fingerprint density at radius 2 is 1.41 bits per heavy atom. The fourth-order valence-corrected chi connectivity index (χ4v) is 2.60. The molecule has 0 aromatic heterocycles. The Kier molecular flexibility index (Phi) is 10.5. The molecule has 0 unspecified atom stereocenters. The van der Waals surface area contributed by atoms with E-state index in [1.54, 1.807) is 0 Å². The van der Waals surface area contributed by atoms with Crippen molar-refractivity contribution in [2.24, 2.45) is 0 Å². The predicted octanol–water partition coefficient (Wildman–Crippen LogP) is 6.77. The summed E-state index contributed by atoms with van der Waals surface area (Å²) in [5, 5.41) is 0. The molecule has 0 amide bonds. The van der Waals surface area contributed by atoms with E-state index in [4.69, 9.17) is 4.74 Å². The highest BCUT2D eigenvalue weighted by atomic mass is 16.5. The summed E-state index contributed by atoms with van der Waals surface area (Å²) in [6.45, 7) is 9.29. The van der Waals surface area contributed by atoms with Crippen LogP contribution in [0.2, 0.25) is 0 Å². The van der Waals surface area contributed by atoms with Gasteiger partial charge in [0.1, 0.15) is 5.76 Å². The maximum atomic E-state index is 5.71. The number of unbranched alkanes of at least 4 members (excludes halogenated alkanes) is 7. The monoisotopic (exact) mass is 302 g/mol. The van der Waals surface area contributed by atoms with Crippen molar-refractivity contribution >= 4 is 5.76 Å². The van der Waals surface area contributed by atoms with E-state index in [1.165, 1.54) is 63.4 Å². The van der Waals surface area contributed by atoms with Crippen LogP contribution in [0.1, 0.15) is 82.8 Å². The van der Waals surface area contributed by atoms with Gasteiger partial charge in [0.2, 0.25) is 0 Å². The van der Waals surface area contributed by atoms with Gasteiger partial charge in [-0.15, -0.1) is 0 Å². The molecule has 0 aliphatic rings. The number of ether oxygens (including phenoxy) is 1. The lowest BCUT2D eigenvalue weighted by Crippen LogP contribution is -1.94. The van der Waals surface area contributed by atoms with Crippen molar-refractivity contribution in [3.8, 4) is 0 Å². The fraction of sp³-hybridized carbons (Fsp3) is 0.619. The minimum absolute atomic E-state index is 0.784. The standard InChI is InChI=1S/C21H34O/c1-4-6-8-9-10-11-13-20-14-16-21(17-15-20)19(3)22-18-12-7-5-2/h14-17H,3-13,18H2,1-2H3. The summed E-state index contributed by atoms with van der Waals surface area (Å²) in [5.74, 6) is 0.808. The molecule has 0 saturated carbocycles. The Morgan fingerprint density at radius 3 is 2.09 bits per heavy atom. The SMILES string of the molecule is C=C(OCCCCC)c1ccc(CCCCCCCC)cc1. The number of aryl methyl sites for hydroxylation is 1. The van der Waals surface area contributed by atoms with Gasteiger partial charge in [-0.3, -0.25) is 0 Å². The minimum Gasteiger partial charge on any atom is -0.494 e. The van der Waals surface area contributed by atoms with Gasteiger partial charge in [0, 0.05) is 5.56 Å². The first-order valence-electron chi connectivity index (χ1n) is 9.19. The molecule has 0 saturated heterocycles. The Labute approximate surface area is 137 Å². The Balaban J connectivity index is 2.23. The van der Waals surface area contributed by atoms with E-state index < -0.39 is 0 Å². The molecule has 0 aliphatic heterocycles. The van der Waals surface area contributed by atoms with E-state index in [0.29, 0.717) is 0 Å². The molecule has 1 nitrogen and oxygen atoms in total. The molecule has 124 valence electrons. The molecular formula is C21H34O. The molecule has 0 atom stereocenters. The van der Waals surface area contributed by atoms with Crippen molar-refractivity contribution in [2.75, 3.05) is 6.61 Å². The van der Waals surface area contributed by atoms with E-state index >= 15 is 0 Å². The van der Waals surface area contributed by atoms with Crippen LogP contribution < -0.4 is 0 Å². The molecular weight excluding hydrogens is 268 g/mol. The van der Waals surface area contributed by atoms with Crippen LogP contribution in [0.4, 0.5) is 0 Å². The third kappa shape index (κ3) is 8.26. The summed E-state index contributed by atoms with van der Waals surface area (Å²) in [7, 11) is 0. The summed E-state index contributed by atoms with van der Waals surface area (Å²) in [5.41, 5.74) is 2.54. The van der Waals surface area contributed by atoms with E-state index in [9.17, 15) is 0 Å². The van der Waals surface area contributed by atoms with Crippen molar-refractivity contribution in [1.82, 2.24) is 0 Å². The summed E-state index contributed by atoms with van der Waals surface area (Å²) in [4.78, 5) is 0. The van der Waals surface area contributed by atoms with Gasteiger partial charge >= 0.3 is 0 Å². The zero-order valence-corrected chi connectivity index (χ0v) is 14.7. The number of hydrogen-bond acceptors (Lipinski definition) is 1. The smallest absolute Gasteiger partial charge is 0.119 e. The maximum absolute atomic E-state index is 5.71. The van der Waals surface area contributed by atoms with Crippen LogP contribution in [-0.2, 0) is 11.2 Å². The first kappa shape index (κ1) is 18.8. The van der Waals surface area contributed by atoms with Gasteiger partial charge in [0.25, 0.3) is 0 Å². The van der Waals surface area contributed by atoms with Crippen molar-refractivity contribution in [2.45, 2.75) is 78.1 Å². The molecule has 1 aromatic carbocycles. The highest BCUT2D eigenvalue weighted by molar-refractivity contribution is 5.57. The van der Waals surface area contributed by atoms with E-state index in [2.05, 4.69) is 44.7 Å². The normalized spacial score (nSPS) is 10.6. The second-order valence-corrected chi connectivity index (χ2v) is 6.19. The predicted molar refractivity (Wildman–Crippen MR) is 98.0 cm³/mol. The zero-order chi connectivity index (χ0) is 16.0. The average molecular weight is 303 g/mol. The molecule has 1 heteroatoms. The van der Waals surface area contributed by atoms with Crippen molar-refractivity contribution < 1.29 is 4.74 Å². The quantitative estimate of drug-likeness (QED) is 0.289. The minimum atomic E-state index is 0.784. The third-order valence-electron chi connectivity index (χ3n) is 4.12. The zero-order valence-electron chi connectivity index (χ0n) is 14.7. The Hall–Kier alpha value is -1.24. The maximum Gasteiger partial charge on any atom is 0.119 e. The molecule has 0 spiro atoms. The molecule has 0 N–H and O–H groups in total. The van der Waals surface area contributed by atoms with Gasteiger partial charge in [0.15, 0.2) is 0 Å². The molecule has 0 bridgehead atoms. The summed E-state index contributed by atoms with van der Waals surface area (Å²) in [6.07, 6.45) is 12.9. The molecule has 1 rings (SSSR count). The lowest BCUT2D eigenvalue weighted by atomic mass is 10.0. The second kappa shape index (κ2) is 12.3. The van der Waals surface area contributed by atoms with E-state index in [-0.39, 0.29) is 0 Å². The molecule has 1 aromatic rings. The summed E-state index contributed by atoms with van der Waals surface area (Å²) in [6, 6.07) is 8.74. The largest absolute Gasteiger partial charge is 0.494 e. The Morgan fingerprint density at radius 1 is 0.818 bits per heavy atom. The lowest BCUT2D eigenvalue weighted by molar-refractivity contribution is 0.268. The van der Waals surface area contributed by atoms with Crippen molar-refractivity contribution in [3.63, 3.8) is 0 Å². The fourth-order valence-electron chi connectivity index (χ4n) is 2.60. The lowest BCUT2D eigenvalue weighted by Gasteiger charge is -2.10. The first-order valence-corrected chi connectivity index (χ1v) is 9.19. The summed E-state index contributed by atoms with van der Waals surface area (Å²) < 4.78 is 5.71. The van der Waals surface area contributed by atoms with Crippen LogP contribution >= 0.6 is 0 Å². The van der Waals surface area contributed by atoms with Gasteiger partial charge < -0.3 is 4.74 Å². The molecule has 0 radical (unpaired) electrons. The van der Waals surface area contributed by atoms with E-state index in [1.807, 2.05) is 0 Å². The topological polar surface area (TPSA) is 9.23 Å². The number of hydrogen-bond donors (Lipinski definition) is 0. The summed E-state index contributed by atoms with van der Waals surface area (Å²) >= 11 is 0. The van der Waals surface area contributed by atoms with Gasteiger partial charge in [-0.2, -0.15) is 0 Å². The van der Waals surface area contributed by atoms with Gasteiger partial charge in [-0.05, 0) is 24.8 Å². The van der Waals surface area contributed by atoms with Crippen LogP contribution in [0.3, 0.4) is 0 Å². The Bertz CT molecular complexity index is 391. The van der Waals surface area contributed by atoms with Crippen LogP contribution in [0.15, 0.2) is 30.8 Å².